The second kappa shape index (κ2) is 11.8. The highest BCUT2D eigenvalue weighted by Crippen LogP contribution is 2.68. The maximum absolute atomic E-state index is 13.0. The predicted molar refractivity (Wildman–Crippen MR) is 158 cm³/mol. The van der Waals surface area contributed by atoms with Gasteiger partial charge < -0.3 is 15.3 Å². The average Bonchev–Trinajstić information content (AvgIpc) is 3.31. The van der Waals surface area contributed by atoms with Gasteiger partial charge >= 0.3 is 5.88 Å². The molecule has 0 radical (unpaired) electrons. The SMILES string of the molecule is C[C@H](CCC(=O)N[N+](=C\c1ccccc1)/C(O)=C\Cl)[C@H]1CC[C@H]2[C@@H]3CC[C@H]4C[C@H](O)CC[C@]4(C)[C@H]3C[C@H](O)[C@]12C. The molecule has 0 spiro atoms. The van der Waals surface area contributed by atoms with Gasteiger partial charge in [-0.15, -0.1) is 5.43 Å². The van der Waals surface area contributed by atoms with Crippen LogP contribution in [0.1, 0.15) is 90.5 Å². The summed E-state index contributed by atoms with van der Waals surface area (Å²) in [5.41, 5.74) is 4.74. The lowest BCUT2D eigenvalue weighted by Crippen LogP contribution is -2.58. The Bertz CT molecular complexity index is 1120. The molecule has 0 aliphatic heterocycles. The Kier molecular flexibility index (Phi) is 8.71. The molecule has 1 aromatic carbocycles. The topological polar surface area (TPSA) is 92.8 Å². The zero-order valence-electron chi connectivity index (χ0n) is 24.3. The summed E-state index contributed by atoms with van der Waals surface area (Å²) in [6.07, 6.45) is 10.7. The normalized spacial score (nSPS) is 40.5. The number of halogens is 1. The van der Waals surface area contributed by atoms with Crippen molar-refractivity contribution in [2.75, 3.05) is 0 Å². The van der Waals surface area contributed by atoms with Gasteiger partial charge in [-0.25, -0.2) is 0 Å². The van der Waals surface area contributed by atoms with Crippen LogP contribution in [0.5, 0.6) is 0 Å². The molecule has 4 saturated carbocycles. The fourth-order valence-electron chi connectivity index (χ4n) is 9.81. The molecule has 10 atom stereocenters. The summed E-state index contributed by atoms with van der Waals surface area (Å²) in [5, 5.41) is 32.4. The predicted octanol–water partition coefficient (Wildman–Crippen LogP) is 6.15. The van der Waals surface area contributed by atoms with Crippen molar-refractivity contribution in [2.24, 2.45) is 46.3 Å². The highest BCUT2D eigenvalue weighted by molar-refractivity contribution is 6.25. The minimum absolute atomic E-state index is 0.124. The first-order chi connectivity index (χ1) is 19.1. The number of benzene rings is 1. The number of rotatable bonds is 7. The van der Waals surface area contributed by atoms with E-state index in [1.54, 1.807) is 6.21 Å². The molecule has 4 aliphatic carbocycles. The molecule has 7 heteroatoms. The third kappa shape index (κ3) is 5.36. The first-order valence-corrected chi connectivity index (χ1v) is 15.9. The van der Waals surface area contributed by atoms with E-state index in [4.69, 9.17) is 11.6 Å². The Morgan fingerprint density at radius 3 is 2.58 bits per heavy atom. The highest BCUT2D eigenvalue weighted by atomic mass is 35.5. The first kappa shape index (κ1) is 29.6. The van der Waals surface area contributed by atoms with Gasteiger partial charge in [-0.2, -0.15) is 0 Å². The molecule has 4 aliphatic rings. The van der Waals surface area contributed by atoms with Crippen molar-refractivity contribution in [2.45, 2.75) is 97.2 Å². The van der Waals surface area contributed by atoms with E-state index in [-0.39, 0.29) is 34.8 Å². The standard InChI is InChI=1S/C33H47ClN2O4/c1-21(9-14-30(39)35-36(31(40)19-34)20-22-7-5-4-6-8-22)26-12-13-27-25-11-10-23-17-24(37)15-16-32(23,2)28(25)18-29(38)33(26,27)3/h4-8,19-21,23-29,37-38H,9-18H2,1-3H3,(H-,35,39,40)/p+1/b31-19+,36-20-/t21-,23+,24-,25+,26-,27+,28+,29+,32+,33-/m1/s1. The van der Waals surface area contributed by atoms with Crippen molar-refractivity contribution in [3.63, 3.8) is 0 Å². The second-order valence-corrected chi connectivity index (χ2v) is 14.0. The van der Waals surface area contributed by atoms with Crippen LogP contribution in [0.2, 0.25) is 0 Å². The lowest BCUT2D eigenvalue weighted by molar-refractivity contribution is -0.548. The molecule has 4 fully saturated rings. The molecule has 0 unspecified atom stereocenters. The minimum Gasteiger partial charge on any atom is -0.457 e. The lowest BCUT2D eigenvalue weighted by atomic mass is 9.43. The van der Waals surface area contributed by atoms with Gasteiger partial charge in [-0.05, 0) is 121 Å². The molecule has 1 amide bonds. The van der Waals surface area contributed by atoms with Crippen LogP contribution in [-0.4, -0.2) is 44.3 Å². The minimum atomic E-state index is -0.327. The average molecular weight is 572 g/mol. The van der Waals surface area contributed by atoms with Gasteiger partial charge in [-0.3, -0.25) is 4.79 Å². The Hall–Kier alpha value is -1.89. The second-order valence-electron chi connectivity index (χ2n) is 13.8. The van der Waals surface area contributed by atoms with Crippen molar-refractivity contribution < 1.29 is 24.8 Å². The molecule has 5 rings (SSSR count). The number of aliphatic hydroxyl groups is 3. The van der Waals surface area contributed by atoms with Gasteiger partial charge in [-0.1, -0.05) is 50.6 Å². The number of nitrogens with zero attached hydrogens (tertiary/aromatic N) is 1. The third-order valence-corrected chi connectivity index (χ3v) is 12.2. The molecule has 6 nitrogen and oxygen atoms in total. The molecule has 0 bridgehead atoms. The molecular weight excluding hydrogens is 524 g/mol. The smallest absolute Gasteiger partial charge is 0.406 e. The molecule has 0 heterocycles. The van der Waals surface area contributed by atoms with Crippen molar-refractivity contribution in [1.29, 1.82) is 0 Å². The number of fused-ring (bicyclic) bond motifs is 5. The number of hydrazine groups is 1. The number of amides is 1. The van der Waals surface area contributed by atoms with Crippen LogP contribution in [0.4, 0.5) is 0 Å². The molecule has 40 heavy (non-hydrogen) atoms. The van der Waals surface area contributed by atoms with Crippen LogP contribution in [0.3, 0.4) is 0 Å². The maximum atomic E-state index is 13.0. The Labute approximate surface area is 244 Å². The molecular formula is C33H48ClN2O4+. The number of hydrogen-bond donors (Lipinski definition) is 4. The van der Waals surface area contributed by atoms with Gasteiger partial charge in [0.25, 0.3) is 5.91 Å². The van der Waals surface area contributed by atoms with Crippen LogP contribution in [0.15, 0.2) is 41.8 Å². The van der Waals surface area contributed by atoms with Crippen LogP contribution in [0, 0.1) is 46.3 Å². The van der Waals surface area contributed by atoms with Crippen molar-refractivity contribution in [3.05, 3.63) is 47.3 Å². The highest BCUT2D eigenvalue weighted by Gasteiger charge is 2.63. The molecule has 0 aromatic heterocycles. The quantitative estimate of drug-likeness (QED) is 0.137. The number of hydrazone groups is 1. The summed E-state index contributed by atoms with van der Waals surface area (Å²) in [4.78, 5) is 13.0. The van der Waals surface area contributed by atoms with Gasteiger partial charge in [0.2, 0.25) is 6.21 Å². The van der Waals surface area contributed by atoms with E-state index in [0.717, 1.165) is 56.0 Å². The number of aliphatic hydroxyl groups excluding tert-OH is 3. The van der Waals surface area contributed by atoms with E-state index in [2.05, 4.69) is 26.2 Å². The first-order valence-electron chi connectivity index (χ1n) is 15.4. The van der Waals surface area contributed by atoms with Crippen LogP contribution in [0.25, 0.3) is 0 Å². The fraction of sp³-hybridized carbons (Fsp3) is 0.697. The van der Waals surface area contributed by atoms with Crippen molar-refractivity contribution in [3.8, 4) is 0 Å². The zero-order valence-corrected chi connectivity index (χ0v) is 25.1. The summed E-state index contributed by atoms with van der Waals surface area (Å²) in [6.45, 7) is 7.04. The van der Waals surface area contributed by atoms with Gasteiger partial charge in [0.05, 0.1) is 12.2 Å². The van der Waals surface area contributed by atoms with E-state index < -0.39 is 0 Å². The summed E-state index contributed by atoms with van der Waals surface area (Å²) < 4.78 is 1.26. The van der Waals surface area contributed by atoms with E-state index >= 15 is 0 Å². The summed E-state index contributed by atoms with van der Waals surface area (Å²) in [6, 6.07) is 9.44. The van der Waals surface area contributed by atoms with E-state index in [9.17, 15) is 20.1 Å². The van der Waals surface area contributed by atoms with Crippen LogP contribution < -0.4 is 5.43 Å². The Morgan fingerprint density at radius 2 is 1.85 bits per heavy atom. The zero-order chi connectivity index (χ0) is 28.7. The summed E-state index contributed by atoms with van der Waals surface area (Å²) in [7, 11) is 0. The van der Waals surface area contributed by atoms with Crippen molar-refractivity contribution in [1.82, 2.24) is 5.43 Å². The van der Waals surface area contributed by atoms with E-state index in [0.29, 0.717) is 41.9 Å². The van der Waals surface area contributed by atoms with Gasteiger partial charge in [0.15, 0.2) is 0 Å². The number of nitrogens with one attached hydrogen (secondary N) is 1. The number of carbonyl (C=O) groups excluding carboxylic acids is 1. The fourth-order valence-corrected chi connectivity index (χ4v) is 9.91. The third-order valence-electron chi connectivity index (χ3n) is 12.0. The largest absolute Gasteiger partial charge is 0.457 e. The molecule has 0 saturated heterocycles. The van der Waals surface area contributed by atoms with Crippen LogP contribution >= 0.6 is 11.6 Å². The maximum Gasteiger partial charge on any atom is 0.406 e. The Balaban J connectivity index is 1.24. The molecule has 1 aromatic rings. The van der Waals surface area contributed by atoms with Gasteiger partial charge in [0, 0.05) is 12.0 Å². The summed E-state index contributed by atoms with van der Waals surface area (Å²) in [5.74, 6) is 2.53. The Morgan fingerprint density at radius 1 is 1.10 bits per heavy atom. The van der Waals surface area contributed by atoms with Crippen LogP contribution in [-0.2, 0) is 4.79 Å². The number of carbonyl (C=O) groups is 1. The van der Waals surface area contributed by atoms with Crippen molar-refractivity contribution >= 4 is 23.7 Å². The lowest BCUT2D eigenvalue weighted by Gasteiger charge is -2.62. The molecule has 220 valence electrons. The van der Waals surface area contributed by atoms with E-state index in [1.807, 2.05) is 30.3 Å². The van der Waals surface area contributed by atoms with Gasteiger partial charge in [0.1, 0.15) is 5.54 Å². The summed E-state index contributed by atoms with van der Waals surface area (Å²) >= 11 is 5.75. The monoisotopic (exact) mass is 571 g/mol. The molecule has 4 N–H and O–H groups in total. The van der Waals surface area contributed by atoms with E-state index in [1.165, 1.54) is 17.5 Å². The number of hydrogen-bond acceptors (Lipinski definition) is 4.